The van der Waals surface area contributed by atoms with Gasteiger partial charge in [-0.2, -0.15) is 0 Å². The highest BCUT2D eigenvalue weighted by atomic mass is 16.6. The van der Waals surface area contributed by atoms with E-state index >= 15 is 0 Å². The first-order valence-corrected chi connectivity index (χ1v) is 5.36. The maximum absolute atomic E-state index is 10.7. The predicted octanol–water partition coefficient (Wildman–Crippen LogP) is 2.98. The summed E-state index contributed by atoms with van der Waals surface area (Å²) in [7, 11) is 1.42. The molecular weight excluding hydrogens is 220 g/mol. The van der Waals surface area contributed by atoms with Gasteiger partial charge in [0.05, 0.1) is 12.0 Å². The topological polar surface area (TPSA) is 64.4 Å². The Labute approximate surface area is 100 Å². The molecule has 0 bridgehead atoms. The van der Waals surface area contributed by atoms with Crippen LogP contribution in [0.25, 0.3) is 0 Å². The number of methoxy groups -OCH3 is 1. The average Bonchev–Trinajstić information content (AvgIpc) is 2.34. The molecule has 0 saturated carbocycles. The Morgan fingerprint density at radius 2 is 2.29 bits per heavy atom. The SMILES string of the molecule is C/C=C/CCNc1ccc([N+](=O)[O-])c(OC)c1. The molecule has 0 radical (unpaired) electrons. The lowest BCUT2D eigenvalue weighted by Crippen LogP contribution is -2.01. The molecule has 92 valence electrons. The highest BCUT2D eigenvalue weighted by molar-refractivity contribution is 5.57. The van der Waals surface area contributed by atoms with E-state index in [4.69, 9.17) is 4.74 Å². The molecule has 1 rings (SSSR count). The first kappa shape index (κ1) is 13.0. The summed E-state index contributed by atoms with van der Waals surface area (Å²) < 4.78 is 4.98. The predicted molar refractivity (Wildman–Crippen MR) is 67.6 cm³/mol. The van der Waals surface area contributed by atoms with Crippen molar-refractivity contribution in [2.75, 3.05) is 19.0 Å². The molecule has 0 unspecified atom stereocenters. The molecule has 5 heteroatoms. The van der Waals surface area contributed by atoms with E-state index in [1.165, 1.54) is 13.2 Å². The highest BCUT2D eigenvalue weighted by Gasteiger charge is 2.14. The van der Waals surface area contributed by atoms with Gasteiger partial charge in [0.25, 0.3) is 0 Å². The van der Waals surface area contributed by atoms with Crippen molar-refractivity contribution in [2.24, 2.45) is 0 Å². The molecule has 17 heavy (non-hydrogen) atoms. The zero-order valence-corrected chi connectivity index (χ0v) is 9.97. The Hall–Kier alpha value is -2.04. The van der Waals surface area contributed by atoms with Crippen LogP contribution in [0, 0.1) is 10.1 Å². The van der Waals surface area contributed by atoms with Crippen LogP contribution in [0.4, 0.5) is 11.4 Å². The van der Waals surface area contributed by atoms with Gasteiger partial charge in [-0.3, -0.25) is 10.1 Å². The Bertz CT molecular complexity index is 416. The van der Waals surface area contributed by atoms with E-state index < -0.39 is 4.92 Å². The number of nitrogens with zero attached hydrogens (tertiary/aromatic N) is 1. The van der Waals surface area contributed by atoms with E-state index in [0.29, 0.717) is 0 Å². The molecule has 0 spiro atoms. The number of nitro groups is 1. The Balaban J connectivity index is 2.72. The summed E-state index contributed by atoms with van der Waals surface area (Å²) in [4.78, 5) is 10.2. The maximum Gasteiger partial charge on any atom is 0.311 e. The lowest BCUT2D eigenvalue weighted by atomic mass is 10.2. The van der Waals surface area contributed by atoms with Gasteiger partial charge in [0.1, 0.15) is 0 Å². The Morgan fingerprint density at radius 3 is 2.88 bits per heavy atom. The third-order valence-corrected chi connectivity index (χ3v) is 2.25. The summed E-state index contributed by atoms with van der Waals surface area (Å²) in [6, 6.07) is 4.75. The minimum Gasteiger partial charge on any atom is -0.490 e. The van der Waals surface area contributed by atoms with Gasteiger partial charge in [-0.15, -0.1) is 0 Å². The molecule has 1 N–H and O–H groups in total. The number of rotatable bonds is 6. The lowest BCUT2D eigenvalue weighted by molar-refractivity contribution is -0.385. The standard InChI is InChI=1S/C12H16N2O3/c1-3-4-5-8-13-10-6-7-11(14(15)16)12(9-10)17-2/h3-4,6-7,9,13H,5,8H2,1-2H3/b4-3+. The van der Waals surface area contributed by atoms with Crippen molar-refractivity contribution in [3.8, 4) is 5.75 Å². The van der Waals surface area contributed by atoms with Crippen LogP contribution in [-0.2, 0) is 0 Å². The fourth-order valence-corrected chi connectivity index (χ4v) is 1.40. The fraction of sp³-hybridized carbons (Fsp3) is 0.333. The molecule has 5 nitrogen and oxygen atoms in total. The van der Waals surface area contributed by atoms with Crippen LogP contribution < -0.4 is 10.1 Å². The van der Waals surface area contributed by atoms with Crippen LogP contribution in [0.1, 0.15) is 13.3 Å². The van der Waals surface area contributed by atoms with Crippen molar-refractivity contribution in [1.82, 2.24) is 0 Å². The molecule has 0 saturated heterocycles. The van der Waals surface area contributed by atoms with E-state index in [-0.39, 0.29) is 11.4 Å². The molecule has 0 atom stereocenters. The molecule has 0 fully saturated rings. The number of nitro benzene ring substituents is 1. The first-order chi connectivity index (χ1) is 8.19. The molecule has 1 aromatic rings. The summed E-state index contributed by atoms with van der Waals surface area (Å²) >= 11 is 0. The van der Waals surface area contributed by atoms with E-state index in [0.717, 1.165) is 18.7 Å². The van der Waals surface area contributed by atoms with Crippen LogP contribution in [0.15, 0.2) is 30.4 Å². The molecule has 0 aromatic heterocycles. The smallest absolute Gasteiger partial charge is 0.311 e. The van der Waals surface area contributed by atoms with Gasteiger partial charge in [0.2, 0.25) is 0 Å². The summed E-state index contributed by atoms with van der Waals surface area (Å²) in [6.07, 6.45) is 4.95. The van der Waals surface area contributed by atoms with E-state index in [1.54, 1.807) is 12.1 Å². The van der Waals surface area contributed by atoms with Crippen molar-refractivity contribution in [3.05, 3.63) is 40.5 Å². The Morgan fingerprint density at radius 1 is 1.53 bits per heavy atom. The van der Waals surface area contributed by atoms with Crippen molar-refractivity contribution < 1.29 is 9.66 Å². The number of hydrogen-bond acceptors (Lipinski definition) is 4. The van der Waals surface area contributed by atoms with Crippen LogP contribution in [0.2, 0.25) is 0 Å². The summed E-state index contributed by atoms with van der Waals surface area (Å²) in [6.45, 7) is 2.75. The lowest BCUT2D eigenvalue weighted by Gasteiger charge is -2.07. The van der Waals surface area contributed by atoms with Crippen molar-refractivity contribution in [3.63, 3.8) is 0 Å². The summed E-state index contributed by atoms with van der Waals surface area (Å²) in [5.74, 6) is 0.269. The number of ether oxygens (including phenoxy) is 1. The molecule has 0 aliphatic carbocycles. The van der Waals surface area contributed by atoms with E-state index in [2.05, 4.69) is 11.4 Å². The third kappa shape index (κ3) is 3.79. The molecule has 0 heterocycles. The normalized spacial score (nSPS) is 10.5. The first-order valence-electron chi connectivity index (χ1n) is 5.36. The summed E-state index contributed by atoms with van der Waals surface area (Å²) in [5, 5.41) is 13.9. The zero-order valence-electron chi connectivity index (χ0n) is 9.97. The number of nitrogens with one attached hydrogen (secondary N) is 1. The quantitative estimate of drug-likeness (QED) is 0.357. The third-order valence-electron chi connectivity index (χ3n) is 2.25. The van der Waals surface area contributed by atoms with Crippen LogP contribution in [0.5, 0.6) is 5.75 Å². The summed E-state index contributed by atoms with van der Waals surface area (Å²) in [5.41, 5.74) is 0.795. The minimum atomic E-state index is -0.456. The second-order valence-electron chi connectivity index (χ2n) is 3.43. The number of anilines is 1. The molecule has 0 amide bonds. The Kier molecular flexibility index (Phi) is 5.00. The average molecular weight is 236 g/mol. The monoisotopic (exact) mass is 236 g/mol. The number of benzene rings is 1. The largest absolute Gasteiger partial charge is 0.490 e. The van der Waals surface area contributed by atoms with Gasteiger partial charge in [-0.25, -0.2) is 0 Å². The van der Waals surface area contributed by atoms with Crippen molar-refractivity contribution in [1.29, 1.82) is 0 Å². The minimum absolute atomic E-state index is 0.0218. The van der Waals surface area contributed by atoms with Crippen LogP contribution in [0.3, 0.4) is 0 Å². The zero-order chi connectivity index (χ0) is 12.7. The number of allylic oxidation sites excluding steroid dienone is 1. The fourth-order valence-electron chi connectivity index (χ4n) is 1.40. The van der Waals surface area contributed by atoms with Crippen molar-refractivity contribution >= 4 is 11.4 Å². The van der Waals surface area contributed by atoms with Crippen LogP contribution in [-0.4, -0.2) is 18.6 Å². The van der Waals surface area contributed by atoms with Gasteiger partial charge >= 0.3 is 5.69 Å². The van der Waals surface area contributed by atoms with Gasteiger partial charge in [-0.1, -0.05) is 12.2 Å². The van der Waals surface area contributed by atoms with Crippen LogP contribution >= 0.6 is 0 Å². The number of hydrogen-bond donors (Lipinski definition) is 1. The van der Waals surface area contributed by atoms with E-state index in [9.17, 15) is 10.1 Å². The molecular formula is C12H16N2O3. The van der Waals surface area contributed by atoms with Gasteiger partial charge < -0.3 is 10.1 Å². The van der Waals surface area contributed by atoms with Gasteiger partial charge in [-0.05, 0) is 19.4 Å². The molecule has 1 aromatic carbocycles. The second kappa shape index (κ2) is 6.52. The van der Waals surface area contributed by atoms with Gasteiger partial charge in [0.15, 0.2) is 5.75 Å². The van der Waals surface area contributed by atoms with E-state index in [1.807, 2.05) is 13.0 Å². The second-order valence-corrected chi connectivity index (χ2v) is 3.43. The van der Waals surface area contributed by atoms with Crippen molar-refractivity contribution in [2.45, 2.75) is 13.3 Å². The highest BCUT2D eigenvalue weighted by Crippen LogP contribution is 2.29. The molecule has 0 aliphatic rings. The molecule has 0 aliphatic heterocycles. The van der Waals surface area contributed by atoms with Gasteiger partial charge in [0, 0.05) is 24.4 Å². The maximum atomic E-state index is 10.7.